The van der Waals surface area contributed by atoms with Gasteiger partial charge in [-0.25, -0.2) is 0 Å². The molecule has 0 heterocycles. The average Bonchev–Trinajstić information content (AvgIpc) is 2.17. The molecule has 3 nitrogen and oxygen atoms in total. The molecule has 0 bridgehead atoms. The molecule has 14 heavy (non-hydrogen) atoms. The van der Waals surface area contributed by atoms with E-state index in [1.165, 1.54) is 25.7 Å². The van der Waals surface area contributed by atoms with E-state index in [1.54, 1.807) is 0 Å². The minimum absolute atomic E-state index is 0.582. The molecule has 3 heteroatoms. The van der Waals surface area contributed by atoms with E-state index in [4.69, 9.17) is 10.8 Å². The first-order chi connectivity index (χ1) is 6.62. The predicted molar refractivity (Wildman–Crippen MR) is 53.9 cm³/mol. The summed E-state index contributed by atoms with van der Waals surface area (Å²) in [5.41, 5.74) is 4.99. The summed E-state index contributed by atoms with van der Waals surface area (Å²) in [7, 11) is 0. The largest absolute Gasteiger partial charge is 0.480 e. The summed E-state index contributed by atoms with van der Waals surface area (Å²) in [4.78, 5) is 11.0. The number of fused-ring (bicyclic) bond motifs is 1. The van der Waals surface area contributed by atoms with Crippen LogP contribution < -0.4 is 5.73 Å². The van der Waals surface area contributed by atoms with Gasteiger partial charge in [0, 0.05) is 0 Å². The van der Waals surface area contributed by atoms with Crippen LogP contribution in [0.3, 0.4) is 0 Å². The first-order valence-corrected chi connectivity index (χ1v) is 5.64. The molecule has 2 aliphatic rings. The summed E-state index contributed by atoms with van der Waals surface area (Å²) in [6.45, 7) is 0. The molecular formula is C11H19NO2. The molecule has 0 aliphatic heterocycles. The monoisotopic (exact) mass is 197 g/mol. The first-order valence-electron chi connectivity index (χ1n) is 5.64. The molecule has 0 spiro atoms. The molecule has 2 saturated carbocycles. The normalized spacial score (nSPS) is 42.9. The molecular weight excluding hydrogens is 178 g/mol. The van der Waals surface area contributed by atoms with Gasteiger partial charge in [0.1, 0.15) is 5.54 Å². The van der Waals surface area contributed by atoms with Crippen molar-refractivity contribution in [3.8, 4) is 0 Å². The fraction of sp³-hybridized carbons (Fsp3) is 0.909. The van der Waals surface area contributed by atoms with Crippen LogP contribution in [-0.4, -0.2) is 16.6 Å². The van der Waals surface area contributed by atoms with Gasteiger partial charge >= 0.3 is 5.97 Å². The van der Waals surface area contributed by atoms with Gasteiger partial charge in [-0.2, -0.15) is 0 Å². The van der Waals surface area contributed by atoms with Crippen LogP contribution in [0, 0.1) is 11.8 Å². The Labute approximate surface area is 84.7 Å². The van der Waals surface area contributed by atoms with E-state index >= 15 is 0 Å². The van der Waals surface area contributed by atoms with Crippen molar-refractivity contribution in [2.75, 3.05) is 0 Å². The molecule has 0 aromatic carbocycles. The third-order valence-electron chi connectivity index (χ3n) is 4.08. The Hall–Kier alpha value is -0.570. The minimum atomic E-state index is -0.918. The third kappa shape index (κ3) is 1.65. The van der Waals surface area contributed by atoms with E-state index in [9.17, 15) is 4.79 Å². The second-order valence-electron chi connectivity index (χ2n) is 5.01. The lowest BCUT2D eigenvalue weighted by atomic mass is 9.65. The molecule has 0 aromatic heterocycles. The van der Waals surface area contributed by atoms with Crippen LogP contribution in [0.5, 0.6) is 0 Å². The van der Waals surface area contributed by atoms with E-state index in [-0.39, 0.29) is 0 Å². The smallest absolute Gasteiger partial charge is 0.323 e. The number of carboxylic acids is 1. The van der Waals surface area contributed by atoms with Gasteiger partial charge in [-0.3, -0.25) is 4.79 Å². The van der Waals surface area contributed by atoms with E-state index in [0.717, 1.165) is 12.3 Å². The van der Waals surface area contributed by atoms with E-state index in [0.29, 0.717) is 18.8 Å². The van der Waals surface area contributed by atoms with Crippen molar-refractivity contribution in [2.45, 2.75) is 50.5 Å². The molecule has 0 amide bonds. The van der Waals surface area contributed by atoms with Crippen LogP contribution in [0.15, 0.2) is 0 Å². The quantitative estimate of drug-likeness (QED) is 0.673. The van der Waals surface area contributed by atoms with Gasteiger partial charge in [0.2, 0.25) is 0 Å². The molecule has 2 rings (SSSR count). The zero-order valence-electron chi connectivity index (χ0n) is 8.54. The molecule has 0 unspecified atom stereocenters. The molecule has 3 N–H and O–H groups in total. The highest BCUT2D eigenvalue weighted by molar-refractivity contribution is 5.78. The summed E-state index contributed by atoms with van der Waals surface area (Å²) in [5.74, 6) is 0.542. The maximum Gasteiger partial charge on any atom is 0.323 e. The lowest BCUT2D eigenvalue weighted by Crippen LogP contribution is -2.53. The highest BCUT2D eigenvalue weighted by Crippen LogP contribution is 2.43. The van der Waals surface area contributed by atoms with Crippen LogP contribution >= 0.6 is 0 Å². The Balaban J connectivity index is 2.05. The number of carbonyl (C=O) groups is 1. The molecule has 2 fully saturated rings. The lowest BCUT2D eigenvalue weighted by molar-refractivity contribution is -0.146. The van der Waals surface area contributed by atoms with Crippen molar-refractivity contribution in [1.29, 1.82) is 0 Å². The summed E-state index contributed by atoms with van der Waals surface area (Å²) < 4.78 is 0. The van der Waals surface area contributed by atoms with Gasteiger partial charge in [-0.05, 0) is 31.1 Å². The van der Waals surface area contributed by atoms with Crippen molar-refractivity contribution in [2.24, 2.45) is 17.6 Å². The number of hydrogen-bond donors (Lipinski definition) is 2. The average molecular weight is 197 g/mol. The van der Waals surface area contributed by atoms with Crippen molar-refractivity contribution in [3.63, 3.8) is 0 Å². The van der Waals surface area contributed by atoms with E-state index < -0.39 is 11.5 Å². The second kappa shape index (κ2) is 3.54. The molecule has 80 valence electrons. The van der Waals surface area contributed by atoms with Gasteiger partial charge in [0.15, 0.2) is 0 Å². The molecule has 0 radical (unpaired) electrons. The zero-order chi connectivity index (χ0) is 10.2. The maximum atomic E-state index is 11.0. The van der Waals surface area contributed by atoms with Crippen LogP contribution in [0.1, 0.15) is 44.9 Å². The number of carboxylic acid groups (broad SMARTS) is 1. The number of hydrogen-bond acceptors (Lipinski definition) is 2. The molecule has 0 saturated heterocycles. The van der Waals surface area contributed by atoms with Gasteiger partial charge in [-0.1, -0.05) is 25.7 Å². The van der Waals surface area contributed by atoms with Crippen LogP contribution in [-0.2, 0) is 4.79 Å². The Morgan fingerprint density at radius 2 is 1.86 bits per heavy atom. The topological polar surface area (TPSA) is 63.3 Å². The SMILES string of the molecule is N[C@]1(C(=O)O)CC[C@H]2CCCC[C@@H]2C1. The van der Waals surface area contributed by atoms with Crippen molar-refractivity contribution in [1.82, 2.24) is 0 Å². The van der Waals surface area contributed by atoms with Gasteiger partial charge in [0.05, 0.1) is 0 Å². The Morgan fingerprint density at radius 1 is 1.21 bits per heavy atom. The van der Waals surface area contributed by atoms with Gasteiger partial charge in [-0.15, -0.1) is 0 Å². The number of aliphatic carboxylic acids is 1. The van der Waals surface area contributed by atoms with Crippen molar-refractivity contribution < 1.29 is 9.90 Å². The Bertz CT molecular complexity index is 241. The fourth-order valence-corrected chi connectivity index (χ4v) is 3.14. The van der Waals surface area contributed by atoms with Gasteiger partial charge in [0.25, 0.3) is 0 Å². The van der Waals surface area contributed by atoms with Crippen molar-refractivity contribution >= 4 is 5.97 Å². The third-order valence-corrected chi connectivity index (χ3v) is 4.08. The Morgan fingerprint density at radius 3 is 2.50 bits per heavy atom. The molecule has 2 aliphatic carbocycles. The summed E-state index contributed by atoms with van der Waals surface area (Å²) in [5, 5.41) is 9.06. The second-order valence-corrected chi connectivity index (χ2v) is 5.01. The van der Waals surface area contributed by atoms with E-state index in [1.807, 2.05) is 0 Å². The fourth-order valence-electron chi connectivity index (χ4n) is 3.14. The highest BCUT2D eigenvalue weighted by atomic mass is 16.4. The molecule has 3 atom stereocenters. The van der Waals surface area contributed by atoms with Crippen LogP contribution in [0.2, 0.25) is 0 Å². The lowest BCUT2D eigenvalue weighted by Gasteiger charge is -2.42. The number of nitrogens with two attached hydrogens (primary N) is 1. The Kier molecular flexibility index (Phi) is 2.52. The molecule has 0 aromatic rings. The standard InChI is InChI=1S/C11H19NO2/c12-11(10(13)14)6-5-8-3-1-2-4-9(8)7-11/h8-9H,1-7,12H2,(H,13,14)/t8-,9-,11-/m1/s1. The van der Waals surface area contributed by atoms with Crippen LogP contribution in [0.4, 0.5) is 0 Å². The summed E-state index contributed by atoms with van der Waals surface area (Å²) >= 11 is 0. The summed E-state index contributed by atoms with van der Waals surface area (Å²) in [6.07, 6.45) is 7.46. The maximum absolute atomic E-state index is 11.0. The van der Waals surface area contributed by atoms with Gasteiger partial charge < -0.3 is 10.8 Å². The predicted octanol–water partition coefficient (Wildman–Crippen LogP) is 1.76. The summed E-state index contributed by atoms with van der Waals surface area (Å²) in [6, 6.07) is 0. The van der Waals surface area contributed by atoms with Crippen molar-refractivity contribution in [3.05, 3.63) is 0 Å². The zero-order valence-corrected chi connectivity index (χ0v) is 8.54. The minimum Gasteiger partial charge on any atom is -0.480 e. The first kappa shape index (κ1) is 9.97. The highest BCUT2D eigenvalue weighted by Gasteiger charge is 2.43. The van der Waals surface area contributed by atoms with Crippen LogP contribution in [0.25, 0.3) is 0 Å². The number of rotatable bonds is 1. The van der Waals surface area contributed by atoms with E-state index in [2.05, 4.69) is 0 Å².